The largest absolute Gasteiger partial charge is 0.408 e. The molecular formula is C5H7F3O2S. The van der Waals surface area contributed by atoms with Gasteiger partial charge in [-0.3, -0.25) is 0 Å². The Morgan fingerprint density at radius 1 is 1.36 bits per heavy atom. The van der Waals surface area contributed by atoms with Crippen molar-refractivity contribution in [3.63, 3.8) is 0 Å². The van der Waals surface area contributed by atoms with Crippen LogP contribution in [0.4, 0.5) is 13.2 Å². The van der Waals surface area contributed by atoms with Gasteiger partial charge in [0.15, 0.2) is 15.8 Å². The summed E-state index contributed by atoms with van der Waals surface area (Å²) in [4.78, 5) is 0. The molecule has 1 aliphatic rings. The molecule has 11 heavy (non-hydrogen) atoms. The van der Waals surface area contributed by atoms with Crippen molar-refractivity contribution in [1.29, 1.82) is 0 Å². The molecule has 1 rings (SSSR count). The molecule has 0 spiro atoms. The quantitative estimate of drug-likeness (QED) is 0.636. The highest BCUT2D eigenvalue weighted by Crippen LogP contribution is 2.48. The number of rotatable bonds is 1. The van der Waals surface area contributed by atoms with Crippen LogP contribution in [0.2, 0.25) is 0 Å². The van der Waals surface area contributed by atoms with Gasteiger partial charge in [-0.05, 0) is 19.3 Å². The van der Waals surface area contributed by atoms with Crippen molar-refractivity contribution in [3.05, 3.63) is 0 Å². The first-order valence-corrected chi connectivity index (χ1v) is 4.18. The lowest BCUT2D eigenvalue weighted by atomic mass is 9.84. The molecule has 6 heteroatoms. The Hall–Kier alpha value is -0.100. The van der Waals surface area contributed by atoms with E-state index in [4.69, 9.17) is 4.55 Å². The molecule has 1 saturated carbocycles. The van der Waals surface area contributed by atoms with E-state index >= 15 is 0 Å². The molecule has 0 aromatic rings. The minimum atomic E-state index is -4.54. The molecule has 0 aromatic carbocycles. The first-order valence-electron chi connectivity index (χ1n) is 3.08. The lowest BCUT2D eigenvalue weighted by molar-refractivity contribution is -0.179. The third kappa shape index (κ3) is 1.18. The molecule has 1 fully saturated rings. The normalized spacial score (nSPS) is 25.8. The standard InChI is InChI=1S/C5H7F3O2S/c6-5(7,8)4(11(9)10)2-1-3-4/h1-3H2,(H,9,10). The fraction of sp³-hybridized carbons (Fsp3) is 1.00. The van der Waals surface area contributed by atoms with Crippen molar-refractivity contribution in [2.24, 2.45) is 0 Å². The van der Waals surface area contributed by atoms with Crippen LogP contribution in [0.1, 0.15) is 19.3 Å². The van der Waals surface area contributed by atoms with Gasteiger partial charge in [0.05, 0.1) is 0 Å². The molecule has 2 nitrogen and oxygen atoms in total. The monoisotopic (exact) mass is 188 g/mol. The molecule has 0 aliphatic heterocycles. The van der Waals surface area contributed by atoms with Gasteiger partial charge in [-0.15, -0.1) is 0 Å². The maximum Gasteiger partial charge on any atom is 0.408 e. The summed E-state index contributed by atoms with van der Waals surface area (Å²) < 4.78 is 52.6. The van der Waals surface area contributed by atoms with Crippen LogP contribution in [0, 0.1) is 0 Å². The summed E-state index contributed by atoms with van der Waals surface area (Å²) >= 11 is -2.78. The summed E-state index contributed by atoms with van der Waals surface area (Å²) in [5.74, 6) is 0. The van der Waals surface area contributed by atoms with E-state index in [2.05, 4.69) is 0 Å². The van der Waals surface area contributed by atoms with Gasteiger partial charge in [0.1, 0.15) is 0 Å². The second kappa shape index (κ2) is 2.45. The Labute approximate surface area is 64.1 Å². The zero-order valence-electron chi connectivity index (χ0n) is 5.52. The van der Waals surface area contributed by atoms with E-state index in [-0.39, 0.29) is 12.8 Å². The zero-order valence-corrected chi connectivity index (χ0v) is 6.34. The number of hydrogen-bond acceptors (Lipinski definition) is 1. The molecule has 1 aliphatic carbocycles. The zero-order chi connectivity index (χ0) is 8.70. The predicted octanol–water partition coefficient (Wildman–Crippen LogP) is 1.69. The van der Waals surface area contributed by atoms with Gasteiger partial charge < -0.3 is 4.55 Å². The molecular weight excluding hydrogens is 181 g/mol. The highest BCUT2D eigenvalue weighted by molar-refractivity contribution is 7.80. The highest BCUT2D eigenvalue weighted by Gasteiger charge is 2.62. The van der Waals surface area contributed by atoms with Crippen LogP contribution >= 0.6 is 0 Å². The van der Waals surface area contributed by atoms with Crippen molar-refractivity contribution in [2.75, 3.05) is 0 Å². The van der Waals surface area contributed by atoms with E-state index in [9.17, 15) is 17.4 Å². The fourth-order valence-corrected chi connectivity index (χ4v) is 1.89. The second-order valence-electron chi connectivity index (χ2n) is 2.59. The van der Waals surface area contributed by atoms with Gasteiger partial charge in [-0.25, -0.2) is 4.21 Å². The van der Waals surface area contributed by atoms with Crippen molar-refractivity contribution in [1.82, 2.24) is 0 Å². The third-order valence-electron chi connectivity index (χ3n) is 2.01. The highest BCUT2D eigenvalue weighted by atomic mass is 32.2. The fourth-order valence-electron chi connectivity index (χ4n) is 1.05. The molecule has 0 bridgehead atoms. The molecule has 1 atom stereocenters. The van der Waals surface area contributed by atoms with Gasteiger partial charge in [-0.2, -0.15) is 13.2 Å². The summed E-state index contributed by atoms with van der Waals surface area (Å²) in [5.41, 5.74) is 0. The van der Waals surface area contributed by atoms with E-state index in [1.54, 1.807) is 0 Å². The Bertz CT molecular complexity index is 185. The molecule has 0 heterocycles. The average Bonchev–Trinajstić information content (AvgIpc) is 1.52. The van der Waals surface area contributed by atoms with Crippen LogP contribution in [0.5, 0.6) is 0 Å². The minimum absolute atomic E-state index is 0.223. The van der Waals surface area contributed by atoms with Crippen molar-refractivity contribution in [3.8, 4) is 0 Å². The third-order valence-corrected chi connectivity index (χ3v) is 3.32. The van der Waals surface area contributed by atoms with Crippen molar-refractivity contribution in [2.45, 2.75) is 30.2 Å². The first-order chi connectivity index (χ1) is 4.90. The van der Waals surface area contributed by atoms with Crippen LogP contribution in [-0.4, -0.2) is 19.7 Å². The summed E-state index contributed by atoms with van der Waals surface area (Å²) in [6.45, 7) is 0. The Kier molecular flexibility index (Phi) is 2.00. The summed E-state index contributed by atoms with van der Waals surface area (Å²) in [6.07, 6.45) is -4.60. The van der Waals surface area contributed by atoms with Crippen LogP contribution in [0.25, 0.3) is 0 Å². The molecule has 66 valence electrons. The van der Waals surface area contributed by atoms with Gasteiger partial charge in [0, 0.05) is 0 Å². The smallest absolute Gasteiger partial charge is 0.305 e. The number of alkyl halides is 3. The number of hydrogen-bond donors (Lipinski definition) is 1. The van der Waals surface area contributed by atoms with Gasteiger partial charge in [0.2, 0.25) is 0 Å². The maximum absolute atomic E-state index is 12.1. The van der Waals surface area contributed by atoms with E-state index in [0.717, 1.165) is 0 Å². The summed E-state index contributed by atoms with van der Waals surface area (Å²) in [7, 11) is 0. The topological polar surface area (TPSA) is 37.3 Å². The second-order valence-corrected chi connectivity index (χ2v) is 3.87. The molecule has 0 aromatic heterocycles. The molecule has 1 unspecified atom stereocenters. The maximum atomic E-state index is 12.1. The molecule has 0 radical (unpaired) electrons. The summed E-state index contributed by atoms with van der Waals surface area (Å²) in [5, 5.41) is 0. The molecule has 1 N–H and O–H groups in total. The minimum Gasteiger partial charge on any atom is -0.305 e. The van der Waals surface area contributed by atoms with Gasteiger partial charge in [0.25, 0.3) is 0 Å². The Morgan fingerprint density at radius 2 is 1.82 bits per heavy atom. The van der Waals surface area contributed by atoms with Gasteiger partial charge >= 0.3 is 6.18 Å². The lowest BCUT2D eigenvalue weighted by Crippen LogP contribution is -2.53. The average molecular weight is 188 g/mol. The number of halogens is 3. The van der Waals surface area contributed by atoms with E-state index in [1.165, 1.54) is 0 Å². The van der Waals surface area contributed by atoms with E-state index in [0.29, 0.717) is 6.42 Å². The van der Waals surface area contributed by atoms with E-state index < -0.39 is 22.0 Å². The lowest BCUT2D eigenvalue weighted by Gasteiger charge is -2.39. The van der Waals surface area contributed by atoms with Crippen LogP contribution in [0.15, 0.2) is 0 Å². The Morgan fingerprint density at radius 3 is 1.82 bits per heavy atom. The molecule has 0 saturated heterocycles. The van der Waals surface area contributed by atoms with Crippen LogP contribution in [-0.2, 0) is 11.1 Å². The van der Waals surface area contributed by atoms with Gasteiger partial charge in [-0.1, -0.05) is 0 Å². The van der Waals surface area contributed by atoms with Crippen LogP contribution in [0.3, 0.4) is 0 Å². The predicted molar refractivity (Wildman–Crippen MR) is 33.4 cm³/mol. The molecule has 0 amide bonds. The Balaban J connectivity index is 2.85. The van der Waals surface area contributed by atoms with Crippen molar-refractivity contribution < 1.29 is 21.9 Å². The van der Waals surface area contributed by atoms with E-state index in [1.807, 2.05) is 0 Å². The first kappa shape index (κ1) is 8.99. The summed E-state index contributed by atoms with van der Waals surface area (Å²) in [6, 6.07) is 0. The SMILES string of the molecule is O=S(O)C1(C(F)(F)F)CCC1. The van der Waals surface area contributed by atoms with Crippen LogP contribution < -0.4 is 0 Å². The van der Waals surface area contributed by atoms with Crippen molar-refractivity contribution >= 4 is 11.1 Å².